The lowest BCUT2D eigenvalue weighted by Gasteiger charge is -2.38. The van der Waals surface area contributed by atoms with Crippen molar-refractivity contribution >= 4 is 33.2 Å². The molecule has 1 N–H and O–H groups in total. The second-order valence-corrected chi connectivity index (χ2v) is 9.95. The summed E-state index contributed by atoms with van der Waals surface area (Å²) in [6, 6.07) is 15.2. The summed E-state index contributed by atoms with van der Waals surface area (Å²) in [6.07, 6.45) is 0.460. The molecular formula is C27H22BrClF3NO2. The van der Waals surface area contributed by atoms with Crippen molar-refractivity contribution in [2.45, 2.75) is 31.2 Å². The molecule has 0 aromatic heterocycles. The largest absolute Gasteiger partial charge is 0.493 e. The number of ether oxygens (including phenoxy) is 2. The maximum absolute atomic E-state index is 13.3. The average Bonchev–Trinajstić information content (AvgIpc) is 3.33. The van der Waals surface area contributed by atoms with Gasteiger partial charge in [0.25, 0.3) is 0 Å². The highest BCUT2D eigenvalue weighted by Gasteiger charge is 2.40. The second-order valence-electron chi connectivity index (χ2n) is 8.69. The fraction of sp³-hybridized carbons (Fsp3) is 0.259. The Morgan fingerprint density at radius 1 is 1.11 bits per heavy atom. The maximum atomic E-state index is 13.3. The Bertz CT molecular complexity index is 1290. The van der Waals surface area contributed by atoms with E-state index in [1.165, 1.54) is 12.1 Å². The van der Waals surface area contributed by atoms with Crippen LogP contribution in [0.2, 0.25) is 5.02 Å². The molecule has 3 nitrogen and oxygen atoms in total. The molecule has 35 heavy (non-hydrogen) atoms. The molecule has 3 aromatic carbocycles. The first-order valence-corrected chi connectivity index (χ1v) is 12.3. The van der Waals surface area contributed by atoms with Gasteiger partial charge >= 0.3 is 6.18 Å². The number of hydrogen-bond donors (Lipinski definition) is 1. The number of hydrogen-bond acceptors (Lipinski definition) is 3. The monoisotopic (exact) mass is 563 g/mol. The summed E-state index contributed by atoms with van der Waals surface area (Å²) in [5.74, 6) is 1.10. The van der Waals surface area contributed by atoms with Crippen molar-refractivity contribution < 1.29 is 22.6 Å². The first-order chi connectivity index (χ1) is 16.8. The van der Waals surface area contributed by atoms with Gasteiger partial charge < -0.3 is 14.8 Å². The number of anilines is 1. The lowest BCUT2D eigenvalue weighted by atomic mass is 9.76. The fourth-order valence-electron chi connectivity index (χ4n) is 4.93. The Labute approximate surface area is 215 Å². The van der Waals surface area contributed by atoms with Gasteiger partial charge in [0.05, 0.1) is 23.2 Å². The van der Waals surface area contributed by atoms with Crippen molar-refractivity contribution in [2.75, 3.05) is 12.4 Å². The van der Waals surface area contributed by atoms with Gasteiger partial charge in [-0.2, -0.15) is 13.2 Å². The zero-order valence-corrected chi connectivity index (χ0v) is 21.0. The smallest absolute Gasteiger partial charge is 0.416 e. The molecule has 182 valence electrons. The van der Waals surface area contributed by atoms with Gasteiger partial charge in [-0.05, 0) is 75.8 Å². The van der Waals surface area contributed by atoms with Gasteiger partial charge in [-0.15, -0.1) is 0 Å². The van der Waals surface area contributed by atoms with Crippen LogP contribution in [0.15, 0.2) is 71.2 Å². The van der Waals surface area contributed by atoms with Crippen molar-refractivity contribution in [1.82, 2.24) is 0 Å². The summed E-state index contributed by atoms with van der Waals surface area (Å²) in [5.41, 5.74) is 2.59. The minimum absolute atomic E-state index is 0.0810. The fourth-order valence-corrected chi connectivity index (χ4v) is 5.69. The third-order valence-electron chi connectivity index (χ3n) is 6.63. The van der Waals surface area contributed by atoms with Crippen LogP contribution in [0.4, 0.5) is 18.9 Å². The van der Waals surface area contributed by atoms with Crippen molar-refractivity contribution in [3.05, 3.63) is 98.5 Å². The molecule has 3 aromatic rings. The van der Waals surface area contributed by atoms with Crippen LogP contribution in [-0.2, 0) is 12.8 Å². The molecule has 8 heteroatoms. The second kappa shape index (κ2) is 9.43. The van der Waals surface area contributed by atoms with Crippen molar-refractivity contribution in [3.63, 3.8) is 0 Å². The molecule has 1 aliphatic heterocycles. The number of methoxy groups -OCH3 is 1. The molecule has 0 amide bonds. The Kier molecular flexibility index (Phi) is 6.49. The molecule has 5 rings (SSSR count). The normalized spacial score (nSPS) is 20.7. The van der Waals surface area contributed by atoms with E-state index >= 15 is 0 Å². The van der Waals surface area contributed by atoms with E-state index in [4.69, 9.17) is 21.1 Å². The molecule has 0 unspecified atom stereocenters. The Morgan fingerprint density at radius 2 is 1.91 bits per heavy atom. The Hall–Kier alpha value is -2.64. The van der Waals surface area contributed by atoms with Gasteiger partial charge in [0.15, 0.2) is 11.5 Å². The van der Waals surface area contributed by atoms with Crippen LogP contribution in [0.25, 0.3) is 0 Å². The molecule has 0 fully saturated rings. The maximum Gasteiger partial charge on any atom is 0.416 e. The highest BCUT2D eigenvalue weighted by atomic mass is 79.9. The van der Waals surface area contributed by atoms with Crippen LogP contribution in [-0.4, -0.2) is 7.11 Å². The van der Waals surface area contributed by atoms with E-state index in [2.05, 4.69) is 21.2 Å². The van der Waals surface area contributed by atoms with Crippen LogP contribution in [0.5, 0.6) is 11.5 Å². The SMILES string of the molecule is COc1cc([C@@H]2Nc3ccc(C(F)(F)F)cc3[C@H]3C=CC[C@H]32)cc(Br)c1OCc1ccccc1Cl. The highest BCUT2D eigenvalue weighted by Crippen LogP contribution is 2.52. The first kappa shape index (κ1) is 24.1. The Balaban J connectivity index is 1.46. The van der Waals surface area contributed by atoms with E-state index in [1.54, 1.807) is 7.11 Å². The van der Waals surface area contributed by atoms with Gasteiger partial charge in [-0.25, -0.2) is 0 Å². The molecule has 0 radical (unpaired) electrons. The van der Waals surface area contributed by atoms with Gasteiger partial charge in [0.1, 0.15) is 6.61 Å². The minimum Gasteiger partial charge on any atom is -0.493 e. The first-order valence-electron chi connectivity index (χ1n) is 11.1. The van der Waals surface area contributed by atoms with Crippen LogP contribution >= 0.6 is 27.5 Å². The number of fused-ring (bicyclic) bond motifs is 3. The average molecular weight is 565 g/mol. The molecule has 0 saturated heterocycles. The number of rotatable bonds is 5. The molecule has 1 aliphatic carbocycles. The molecule has 3 atom stereocenters. The van der Waals surface area contributed by atoms with Gasteiger partial charge in [0.2, 0.25) is 0 Å². The van der Waals surface area contributed by atoms with E-state index in [9.17, 15) is 13.2 Å². The number of nitrogens with one attached hydrogen (secondary N) is 1. The van der Waals surface area contributed by atoms with Crippen LogP contribution in [0, 0.1) is 5.92 Å². The molecule has 0 spiro atoms. The quantitative estimate of drug-likeness (QED) is 0.315. The highest BCUT2D eigenvalue weighted by molar-refractivity contribution is 9.10. The number of allylic oxidation sites excluding steroid dienone is 2. The van der Waals surface area contributed by atoms with E-state index < -0.39 is 11.7 Å². The van der Waals surface area contributed by atoms with Crippen molar-refractivity contribution in [3.8, 4) is 11.5 Å². The third-order valence-corrected chi connectivity index (χ3v) is 7.59. The van der Waals surface area contributed by atoms with Crippen molar-refractivity contribution in [1.29, 1.82) is 0 Å². The van der Waals surface area contributed by atoms with E-state index in [1.807, 2.05) is 48.6 Å². The zero-order chi connectivity index (χ0) is 24.7. The molecule has 0 saturated carbocycles. The molecule has 2 aliphatic rings. The summed E-state index contributed by atoms with van der Waals surface area (Å²) in [4.78, 5) is 0. The van der Waals surface area contributed by atoms with Gasteiger partial charge in [0, 0.05) is 22.2 Å². The predicted octanol–water partition coefficient (Wildman–Crippen LogP) is 8.54. The molecule has 1 heterocycles. The van der Waals surface area contributed by atoms with Gasteiger partial charge in [-0.1, -0.05) is 42.0 Å². The topological polar surface area (TPSA) is 30.5 Å². The third kappa shape index (κ3) is 4.64. The van der Waals surface area contributed by atoms with Crippen LogP contribution in [0.1, 0.15) is 40.6 Å². The number of halogens is 5. The predicted molar refractivity (Wildman–Crippen MR) is 134 cm³/mol. The van der Waals surface area contributed by atoms with E-state index in [-0.39, 0.29) is 24.5 Å². The number of benzene rings is 3. The Morgan fingerprint density at radius 3 is 2.66 bits per heavy atom. The summed E-state index contributed by atoms with van der Waals surface area (Å²) in [6.45, 7) is 0.277. The van der Waals surface area contributed by atoms with Crippen LogP contribution in [0.3, 0.4) is 0 Å². The minimum atomic E-state index is -4.37. The molecular weight excluding hydrogens is 543 g/mol. The lowest BCUT2D eigenvalue weighted by Crippen LogP contribution is -2.29. The van der Waals surface area contributed by atoms with Crippen molar-refractivity contribution in [2.24, 2.45) is 5.92 Å². The summed E-state index contributed by atoms with van der Waals surface area (Å²) >= 11 is 9.89. The number of alkyl halides is 3. The van der Waals surface area contributed by atoms with Crippen LogP contribution < -0.4 is 14.8 Å². The van der Waals surface area contributed by atoms with Gasteiger partial charge in [-0.3, -0.25) is 0 Å². The molecule has 0 bridgehead atoms. The lowest BCUT2D eigenvalue weighted by molar-refractivity contribution is -0.137. The summed E-state index contributed by atoms with van der Waals surface area (Å²) < 4.78 is 52.4. The standard InChI is InChI=1S/C27H22BrClF3NO2/c1-34-24-12-16(11-21(28)26(24)35-14-15-5-2-3-8-22(15)29)25-19-7-4-6-18(19)20-13-17(27(30,31)32)9-10-23(20)33-25/h2-6,8-13,18-19,25,33H,7,14H2,1H3/t18-,19+,25-/m0/s1. The summed E-state index contributed by atoms with van der Waals surface area (Å²) in [7, 11) is 1.58. The van der Waals surface area contributed by atoms with E-state index in [0.717, 1.165) is 28.1 Å². The summed E-state index contributed by atoms with van der Waals surface area (Å²) in [5, 5.41) is 4.11. The van der Waals surface area contributed by atoms with E-state index in [0.29, 0.717) is 27.8 Å². The zero-order valence-electron chi connectivity index (χ0n) is 18.7.